The van der Waals surface area contributed by atoms with Crippen molar-refractivity contribution in [2.45, 2.75) is 196 Å². The molecular formula is C90H140N30O24. The molecule has 144 heavy (non-hydrogen) atoms. The van der Waals surface area contributed by atoms with Crippen LogP contribution in [0.4, 0.5) is 0 Å². The number of carbonyl (C=O) groups excluding carboxylic acids is 6. The molecule has 794 valence electrons. The predicted octanol–water partition coefficient (Wildman–Crippen LogP) is -3.75. The fourth-order valence-corrected chi connectivity index (χ4v) is 12.6. The molecular weight excluding hydrogens is 1890 g/mol. The lowest BCUT2D eigenvalue weighted by molar-refractivity contribution is -0.134. The molecule has 54 nitrogen and oxygen atoms in total. The van der Waals surface area contributed by atoms with Crippen LogP contribution in [0.15, 0.2) is 63.9 Å². The highest BCUT2D eigenvalue weighted by Gasteiger charge is 2.26. The molecule has 0 bridgehead atoms. The Labute approximate surface area is 880 Å². The second kappa shape index (κ2) is 52.5. The Balaban J connectivity index is 0.000000335. The second-order valence-electron chi connectivity index (χ2n) is 31.0. The van der Waals surface area contributed by atoms with Gasteiger partial charge in [0.25, 0.3) is 33.4 Å². The fraction of sp³-hybridized carbons (Fsp3) is 0.600. The molecule has 12 aromatic heterocycles. The minimum atomic E-state index is -4.31. The van der Waals surface area contributed by atoms with Crippen LogP contribution in [0.2, 0.25) is 0 Å². The van der Waals surface area contributed by atoms with Crippen LogP contribution in [0, 0.1) is 34.6 Å². The Hall–Kier alpha value is -14.5. The molecule has 0 aliphatic carbocycles. The summed E-state index contributed by atoms with van der Waals surface area (Å²) < 4.78 is 326. The first kappa shape index (κ1) is 70.2. The number of rotatable bonds is 36. The van der Waals surface area contributed by atoms with E-state index in [2.05, 4.69) is 29.9 Å². The molecule has 0 aromatic carbocycles. The van der Waals surface area contributed by atoms with E-state index in [1.807, 2.05) is 0 Å². The topological polar surface area (TPSA) is 614 Å². The zero-order valence-electron chi connectivity index (χ0n) is 120. The van der Waals surface area contributed by atoms with Gasteiger partial charge >= 0.3 is 34.1 Å². The van der Waals surface area contributed by atoms with Crippen LogP contribution >= 0.6 is 0 Å². The second-order valence-corrected chi connectivity index (χ2v) is 31.0. The van der Waals surface area contributed by atoms with Gasteiger partial charge in [-0.05, 0) is 111 Å². The van der Waals surface area contributed by atoms with Gasteiger partial charge in [0.15, 0.2) is 67.0 Å². The highest BCUT2D eigenvalue weighted by molar-refractivity contribution is 5.79. The third-order valence-electron chi connectivity index (χ3n) is 21.2. The van der Waals surface area contributed by atoms with E-state index in [-0.39, 0.29) is 136 Å². The number of fused-ring (bicyclic) bond motifs is 6. The zero-order chi connectivity index (χ0) is 142. The number of aryl methyl sites for hydroxylation is 17. The van der Waals surface area contributed by atoms with Crippen molar-refractivity contribution in [1.29, 1.82) is 0 Å². The Bertz CT molecular complexity index is 9390. The summed E-state index contributed by atoms with van der Waals surface area (Å²) in [5.41, 5.74) is -16.5. The van der Waals surface area contributed by atoms with Gasteiger partial charge in [0.2, 0.25) is 35.4 Å². The van der Waals surface area contributed by atoms with Crippen molar-refractivity contribution in [3.63, 3.8) is 0 Å². The third kappa shape index (κ3) is 26.7. The quantitative estimate of drug-likeness (QED) is 0.0162. The van der Waals surface area contributed by atoms with Crippen LogP contribution in [-0.4, -0.2) is 290 Å². The summed E-state index contributed by atoms with van der Waals surface area (Å²) in [6.07, 6.45) is -29.6. The standard InChI is InChI=1S/5C15H23N5O4.C14H21N5O4.CH4/c5*1-10-16-13-12(18(10)3)14(23)20(15(24)19(13)4)8-6-5-7-11(22)17(2)9-21;1-16-8-15-12-11(16)13(22)19(14(23)18(12)3)7-5-4-6-10(21)17(2)9-20;/h5*21H,5-9H2,1-4H3;8,20H,4-7,9H2,1-3H3;1H4/i3D3,4D3,5D2,6D2,7D2,8D2;3D3,5D2,6D2,7D2,8D2;3D3,4D3,7D2;3D3,7D2;7D2;;. The average Bonchev–Trinajstić information content (AvgIpc) is 1.39. The van der Waals surface area contributed by atoms with Crippen LogP contribution in [0.3, 0.4) is 0 Å². The highest BCUT2D eigenvalue weighted by Crippen LogP contribution is 2.16. The summed E-state index contributed by atoms with van der Waals surface area (Å²) in [7, 11) is 15.8. The van der Waals surface area contributed by atoms with E-state index in [0.29, 0.717) is 64.2 Å². The van der Waals surface area contributed by atoms with Crippen LogP contribution < -0.4 is 67.5 Å². The number of imidazole rings is 6. The number of hydrogen-bond acceptors (Lipinski definition) is 30. The van der Waals surface area contributed by atoms with Gasteiger partial charge in [-0.3, -0.25) is 112 Å². The van der Waals surface area contributed by atoms with E-state index in [0.717, 1.165) is 61.0 Å². The number of hydrogen-bond donors (Lipinski definition) is 6. The Kier molecular flexibility index (Phi) is 25.6. The van der Waals surface area contributed by atoms with Crippen molar-refractivity contribution < 1.29 is 114 Å². The summed E-state index contributed by atoms with van der Waals surface area (Å²) in [4.78, 5) is 254. The molecule has 0 unspecified atom stereocenters. The molecule has 12 rings (SSSR count). The number of aromatic nitrogens is 24. The van der Waals surface area contributed by atoms with Gasteiger partial charge in [-0.1, -0.05) is 7.43 Å². The van der Waals surface area contributed by atoms with Gasteiger partial charge in [0.1, 0.15) is 69.5 Å². The van der Waals surface area contributed by atoms with Crippen molar-refractivity contribution in [3.8, 4) is 0 Å². The van der Waals surface area contributed by atoms with Gasteiger partial charge in [-0.25, -0.2) is 58.7 Å². The Morgan fingerprint density at radius 2 is 0.507 bits per heavy atom. The summed E-state index contributed by atoms with van der Waals surface area (Å²) in [6.45, 7) is -25.0. The third-order valence-corrected chi connectivity index (χ3v) is 21.2. The van der Waals surface area contributed by atoms with Crippen LogP contribution in [0.5, 0.6) is 0 Å². The Morgan fingerprint density at radius 3 is 0.799 bits per heavy atom. The van der Waals surface area contributed by atoms with E-state index in [4.69, 9.17) is 85.5 Å². The summed E-state index contributed by atoms with van der Waals surface area (Å²) in [5.74, 6) is -6.82. The first-order valence-corrected chi connectivity index (χ1v) is 42.2. The molecule has 0 fully saturated rings. The smallest absolute Gasteiger partial charge is 0.332 e. The van der Waals surface area contributed by atoms with Gasteiger partial charge in [-0.15, -0.1) is 0 Å². The maximum atomic E-state index is 13.4. The molecule has 0 saturated heterocycles. The molecule has 6 amide bonds. The molecule has 12 heterocycles. The zero-order valence-corrected chi connectivity index (χ0v) is 80.5. The van der Waals surface area contributed by atoms with Gasteiger partial charge < -0.3 is 87.4 Å². The number of nitrogens with zero attached hydrogens (tertiary/aromatic N) is 30. The van der Waals surface area contributed by atoms with E-state index in [1.165, 1.54) is 88.0 Å². The molecule has 0 atom stereocenters. The number of aliphatic hydroxyl groups is 6. The lowest BCUT2D eigenvalue weighted by Crippen LogP contribution is -2.39. The maximum Gasteiger partial charge on any atom is 0.332 e. The fourth-order valence-electron chi connectivity index (χ4n) is 12.6. The summed E-state index contributed by atoms with van der Waals surface area (Å²) >= 11 is 0. The molecule has 0 spiro atoms. The van der Waals surface area contributed by atoms with Gasteiger partial charge in [-0.2, -0.15) is 0 Å². The first-order chi connectivity index (χ1) is 82.8. The maximum absolute atomic E-state index is 13.4. The number of unbranched alkanes of at least 4 members (excludes halogenated alkanes) is 1. The van der Waals surface area contributed by atoms with Crippen LogP contribution in [0.25, 0.3) is 67.0 Å². The highest BCUT2D eigenvalue weighted by atomic mass is 16.3. The number of amides is 6. The largest absolute Gasteiger partial charge is 0.376 e. The number of aliphatic hydroxyl groups excluding tert-OH is 6. The molecule has 6 N–H and O–H groups in total. The minimum absolute atomic E-state index is 0. The summed E-state index contributed by atoms with van der Waals surface area (Å²) in [6, 6.07) is 0. The normalized spacial score (nSPS) is 16.9. The van der Waals surface area contributed by atoms with Crippen LogP contribution in [-0.2, 0) is 152 Å². The molecule has 0 aliphatic heterocycles. The van der Waals surface area contributed by atoms with Gasteiger partial charge in [0, 0.05) is 253 Å². The molecule has 0 saturated carbocycles. The average molecular weight is 2070 g/mol. The molecule has 12 aromatic rings. The lowest BCUT2D eigenvalue weighted by atomic mass is 10.2. The van der Waals surface area contributed by atoms with E-state index < -0.39 is 294 Å². The van der Waals surface area contributed by atoms with Crippen molar-refractivity contribution >= 4 is 102 Å². The SMILES string of the molecule is C.CN(CO)C(=O)CCCCn1c(=O)c2c(ncn2C)n(C)c1=O.[2H]C([2H])(CCCn1c(=O)c2c(nc(C)n2C([2H])([2H])[2H])n(C([2H])([2H])[2H])c1=O)C(=O)N(C)CO.[2H]C([2H])(CCCn1c(=O)c2c(nc(C)n2C([2H])([2H])[2H])n(C)c1=O)C(=O)N(C)CO.[2H]C([2H])(CCCn1c(=O)c2c(nc(C)n2C)n(C)c1=O)C(=O)N(C)CO.[2H]C([2H])([2H])n1c(C)nc2c1c(=O)n(C([2H])([2H])C([2H])([2H])C([2H])([2H])C([2H])([2H])C(=O)N(C)CO)c(=O)n2C.[2H]C([2H])([2H])n1c(C)nc2c1c(=O)n(C([2H])([2H])C([2H])([2H])C([2H])([2H])C([2H])([2H])C(=O)N(C)CO)c(=O)n2C([2H])([2H])[2H]. The summed E-state index contributed by atoms with van der Waals surface area (Å²) in [5, 5.41) is 53.9. The van der Waals surface area contributed by atoms with Gasteiger partial charge in [0.05, 0.1) is 11.8 Å². The van der Waals surface area contributed by atoms with E-state index in [1.54, 1.807) is 37.2 Å². The minimum Gasteiger partial charge on any atom is -0.376 e. The monoisotopic (exact) mass is 2070 g/mol. The Morgan fingerprint density at radius 1 is 0.285 bits per heavy atom. The molecule has 0 radical (unpaired) electrons. The lowest BCUT2D eigenvalue weighted by Gasteiger charge is -2.13. The van der Waals surface area contributed by atoms with Crippen LogP contribution in [0.1, 0.15) is 207 Å². The van der Waals surface area contributed by atoms with Crippen molar-refractivity contribution in [2.75, 3.05) is 82.7 Å². The van der Waals surface area contributed by atoms with E-state index in [9.17, 15) is 86.3 Å². The van der Waals surface area contributed by atoms with E-state index >= 15 is 0 Å². The molecule has 54 heteroatoms. The predicted molar refractivity (Wildman–Crippen MR) is 534 cm³/mol. The van der Waals surface area contributed by atoms with Crippen molar-refractivity contribution in [1.82, 2.24) is 142 Å². The first-order valence-electron chi connectivity index (χ1n) is 62.2. The van der Waals surface area contributed by atoms with Crippen molar-refractivity contribution in [2.24, 2.45) is 84.1 Å². The number of carbonyl (C=O) groups is 6. The van der Waals surface area contributed by atoms with Crippen molar-refractivity contribution in [3.05, 3.63) is 160 Å². The molecule has 0 aliphatic rings.